The summed E-state index contributed by atoms with van der Waals surface area (Å²) in [6.45, 7) is 3.93. The number of nitrogens with zero attached hydrogens (tertiary/aromatic N) is 8. The first-order valence-electron chi connectivity index (χ1n) is 20.1. The zero-order valence-corrected chi connectivity index (χ0v) is 36.0. The SMILES string of the molecule is C=C1CN(c2ccc3c(=O)n(-c4ccc(Cl)c5c(NS(C)(=O)=O)nn(CC(F)F)c45)c([C@H](Cc4cc(F)cc(F)c4)NC(=O)Cn4nc(C(F)F)c5c4C(F)(F)[C@H]4C[C@@H]54)nc3n2)C[C@H](C)O1. The molecule has 348 valence electrons. The number of amides is 1. The molecule has 5 heterocycles. The molecule has 2 aliphatic carbocycles. The Labute approximate surface area is 373 Å². The number of hydrogen-bond donors (Lipinski definition) is 2. The third kappa shape index (κ3) is 8.17. The van der Waals surface area contributed by atoms with E-state index in [4.69, 9.17) is 21.3 Å². The minimum absolute atomic E-state index is 0.0515. The molecule has 15 nitrogen and oxygen atoms in total. The maximum absolute atomic E-state index is 15.6. The van der Waals surface area contributed by atoms with Gasteiger partial charge in [0.15, 0.2) is 11.5 Å². The summed E-state index contributed by atoms with van der Waals surface area (Å²) in [4.78, 5) is 40.4. The van der Waals surface area contributed by atoms with E-state index in [0.29, 0.717) is 27.7 Å². The molecule has 0 radical (unpaired) electrons. The number of nitrogens with one attached hydrogen (secondary N) is 2. The van der Waals surface area contributed by atoms with Crippen molar-refractivity contribution < 1.29 is 53.1 Å². The number of anilines is 2. The average molecular weight is 967 g/mol. The maximum atomic E-state index is 15.6. The quantitative estimate of drug-likeness (QED) is 0.116. The fraction of sp³-hybridized carbons (Fsp3) is 0.366. The Morgan fingerprint density at radius 1 is 1.05 bits per heavy atom. The van der Waals surface area contributed by atoms with Gasteiger partial charge in [0.2, 0.25) is 15.9 Å². The van der Waals surface area contributed by atoms with Crippen molar-refractivity contribution in [3.05, 3.63) is 110 Å². The molecule has 1 saturated carbocycles. The first-order valence-corrected chi connectivity index (χ1v) is 22.3. The molecule has 25 heteroatoms. The summed E-state index contributed by atoms with van der Waals surface area (Å²) in [5, 5.41) is 9.69. The van der Waals surface area contributed by atoms with Crippen LogP contribution in [0.2, 0.25) is 5.02 Å². The average Bonchev–Trinajstić information content (AvgIpc) is 3.73. The topological polar surface area (TPSA) is 171 Å². The fourth-order valence-corrected chi connectivity index (χ4v) is 9.65. The van der Waals surface area contributed by atoms with Crippen molar-refractivity contribution in [3.8, 4) is 5.69 Å². The van der Waals surface area contributed by atoms with E-state index in [2.05, 4.69) is 31.8 Å². The minimum atomic E-state index is -4.14. The Morgan fingerprint density at radius 2 is 1.77 bits per heavy atom. The van der Waals surface area contributed by atoms with E-state index in [-0.39, 0.29) is 68.7 Å². The normalized spacial score (nSPS) is 19.4. The first-order chi connectivity index (χ1) is 31.1. The number of hydrogen-bond acceptors (Lipinski definition) is 10. The zero-order chi connectivity index (χ0) is 47.3. The monoisotopic (exact) mass is 966 g/mol. The Kier molecular flexibility index (Phi) is 11.0. The predicted molar refractivity (Wildman–Crippen MR) is 223 cm³/mol. The van der Waals surface area contributed by atoms with E-state index >= 15 is 13.6 Å². The largest absolute Gasteiger partial charge is 0.492 e. The van der Waals surface area contributed by atoms with Crippen LogP contribution >= 0.6 is 11.6 Å². The molecule has 0 unspecified atom stereocenters. The lowest BCUT2D eigenvalue weighted by molar-refractivity contribution is -0.123. The molecule has 3 aliphatic rings. The molecule has 0 bridgehead atoms. The highest BCUT2D eigenvalue weighted by Crippen LogP contribution is 2.68. The molecule has 1 saturated heterocycles. The number of halogens is 9. The van der Waals surface area contributed by atoms with E-state index in [1.165, 1.54) is 24.3 Å². The van der Waals surface area contributed by atoms with Gasteiger partial charge in [-0.3, -0.25) is 28.2 Å². The summed E-state index contributed by atoms with van der Waals surface area (Å²) < 4.78 is 152. The lowest BCUT2D eigenvalue weighted by Crippen LogP contribution is -2.40. The van der Waals surface area contributed by atoms with E-state index in [1.807, 2.05) is 0 Å². The number of alkyl halides is 6. The molecule has 2 aromatic carbocycles. The Hall–Kier alpha value is -6.30. The fourth-order valence-electron chi connectivity index (χ4n) is 8.92. The number of morpholine rings is 1. The maximum Gasteiger partial charge on any atom is 0.293 e. The Balaban J connectivity index is 1.27. The minimum Gasteiger partial charge on any atom is -0.492 e. The number of sulfonamides is 1. The third-order valence-electron chi connectivity index (χ3n) is 11.4. The van der Waals surface area contributed by atoms with Crippen LogP contribution in [0.25, 0.3) is 27.6 Å². The van der Waals surface area contributed by atoms with Gasteiger partial charge in [-0.25, -0.2) is 44.7 Å². The standard InChI is InChI=1S/C41H35ClF8N10O5S/c1-17-13-57(14-18(2)65-17)29-7-4-22-37(52-29)53-39(60(40(22)62)27-6-5-25(42)32-34(27)58(15-28(45)46)55-38(32)56-66(3,63)64)26(10-19-8-20(43)11-21(44)9-19)51-30(61)16-59-35-31(33(54-59)36(47)48)23-12-24(23)41(35,49)50/h4-9,11,18,23-24,26,28,36H,1,10,12-16H2,2-3H3,(H,51,61)(H,55,56)/t18-,23+,24-,26-/m0/s1. The number of rotatable bonds is 13. The highest BCUT2D eigenvalue weighted by molar-refractivity contribution is 7.92. The van der Waals surface area contributed by atoms with E-state index in [1.54, 1.807) is 11.8 Å². The van der Waals surface area contributed by atoms with Gasteiger partial charge in [-0.15, -0.1) is 0 Å². The van der Waals surface area contributed by atoms with Crippen LogP contribution in [0.3, 0.4) is 0 Å². The highest BCUT2D eigenvalue weighted by atomic mass is 35.5. The Morgan fingerprint density at radius 3 is 2.44 bits per heavy atom. The second-order valence-electron chi connectivity index (χ2n) is 16.4. The van der Waals surface area contributed by atoms with Crippen molar-refractivity contribution >= 4 is 61.1 Å². The molecule has 4 atom stereocenters. The van der Waals surface area contributed by atoms with Gasteiger partial charge < -0.3 is 15.0 Å². The van der Waals surface area contributed by atoms with E-state index in [0.717, 1.165) is 23.0 Å². The van der Waals surface area contributed by atoms with Gasteiger partial charge in [0.05, 0.1) is 52.4 Å². The van der Waals surface area contributed by atoms with Crippen molar-refractivity contribution in [2.24, 2.45) is 5.92 Å². The van der Waals surface area contributed by atoms with Crippen molar-refractivity contribution in [1.29, 1.82) is 0 Å². The number of fused-ring (bicyclic) bond motifs is 5. The number of carbonyl (C=O) groups is 1. The number of carbonyl (C=O) groups excluding carboxylic acids is 1. The van der Waals surface area contributed by atoms with Gasteiger partial charge in [0, 0.05) is 24.0 Å². The first kappa shape index (κ1) is 44.9. The second-order valence-corrected chi connectivity index (χ2v) is 18.5. The van der Waals surface area contributed by atoms with Gasteiger partial charge >= 0.3 is 0 Å². The van der Waals surface area contributed by atoms with Crippen LogP contribution in [-0.2, 0) is 45.0 Å². The summed E-state index contributed by atoms with van der Waals surface area (Å²) in [6.07, 6.45) is -6.59. The summed E-state index contributed by atoms with van der Waals surface area (Å²) >= 11 is 6.58. The lowest BCUT2D eigenvalue weighted by atomic mass is 10.0. The van der Waals surface area contributed by atoms with Gasteiger partial charge in [-0.05, 0) is 61.2 Å². The van der Waals surface area contributed by atoms with Crippen molar-refractivity contribution in [2.45, 2.75) is 69.7 Å². The molecular formula is C41H35ClF8N10O5S. The predicted octanol–water partition coefficient (Wildman–Crippen LogP) is 6.88. The van der Waals surface area contributed by atoms with Crippen LogP contribution in [0.15, 0.2) is 59.6 Å². The molecule has 66 heavy (non-hydrogen) atoms. The van der Waals surface area contributed by atoms with E-state index in [9.17, 15) is 39.6 Å². The van der Waals surface area contributed by atoms with Crippen molar-refractivity contribution in [2.75, 3.05) is 29.0 Å². The molecule has 9 rings (SSSR count). The lowest BCUT2D eigenvalue weighted by Gasteiger charge is -2.33. The van der Waals surface area contributed by atoms with Crippen LogP contribution in [-0.4, -0.2) is 80.3 Å². The van der Waals surface area contributed by atoms with Gasteiger partial charge in [0.25, 0.3) is 24.3 Å². The summed E-state index contributed by atoms with van der Waals surface area (Å²) in [5.74, 6) is -9.33. The molecule has 6 aromatic rings. The van der Waals surface area contributed by atoms with Crippen molar-refractivity contribution in [1.82, 2.24) is 39.4 Å². The van der Waals surface area contributed by atoms with Crippen LogP contribution in [0, 0.1) is 17.6 Å². The van der Waals surface area contributed by atoms with Crippen LogP contribution in [0.1, 0.15) is 60.1 Å². The number of aromatic nitrogens is 7. The van der Waals surface area contributed by atoms with Crippen LogP contribution in [0.5, 0.6) is 0 Å². The molecule has 2 fully saturated rings. The van der Waals surface area contributed by atoms with Gasteiger partial charge in [0.1, 0.15) is 59.6 Å². The highest BCUT2D eigenvalue weighted by Gasteiger charge is 2.67. The molecule has 0 spiro atoms. The second kappa shape index (κ2) is 16.2. The van der Waals surface area contributed by atoms with Gasteiger partial charge in [-0.2, -0.15) is 19.0 Å². The Bertz CT molecular complexity index is 3160. The summed E-state index contributed by atoms with van der Waals surface area (Å²) in [5.41, 5.74) is -4.11. The molecular weight excluding hydrogens is 932 g/mol. The van der Waals surface area contributed by atoms with Crippen LogP contribution in [0.4, 0.5) is 46.8 Å². The zero-order valence-electron chi connectivity index (χ0n) is 34.4. The molecule has 1 amide bonds. The number of pyridine rings is 1. The van der Waals surface area contributed by atoms with E-state index < -0.39 is 112 Å². The smallest absolute Gasteiger partial charge is 0.293 e. The van der Waals surface area contributed by atoms with Crippen molar-refractivity contribution in [3.63, 3.8) is 0 Å². The summed E-state index contributed by atoms with van der Waals surface area (Å²) in [7, 11) is -4.14. The molecule has 4 aromatic heterocycles. The van der Waals surface area contributed by atoms with Gasteiger partial charge in [-0.1, -0.05) is 18.2 Å². The number of benzene rings is 2. The summed E-state index contributed by atoms with van der Waals surface area (Å²) in [6, 6.07) is 5.93. The third-order valence-corrected chi connectivity index (χ3v) is 12.3. The van der Waals surface area contributed by atoms with Crippen LogP contribution < -0.4 is 20.5 Å². The molecule has 1 aliphatic heterocycles. The molecule has 2 N–H and O–H groups in total. The number of ether oxygens (including phenoxy) is 1.